The van der Waals surface area contributed by atoms with Crippen LogP contribution in [-0.2, 0) is 13.1 Å². The second-order valence-corrected chi connectivity index (χ2v) is 8.20. The smallest absolute Gasteiger partial charge is 0.275 e. The number of nitrogens with one attached hydrogen (secondary N) is 1. The number of nitrogens with zero attached hydrogens (tertiary/aromatic N) is 5. The maximum atomic E-state index is 12.1. The van der Waals surface area contributed by atoms with Crippen molar-refractivity contribution in [2.45, 2.75) is 20.0 Å². The van der Waals surface area contributed by atoms with Gasteiger partial charge in [-0.2, -0.15) is 9.61 Å². The molecule has 0 aliphatic rings. The molecular weight excluding hydrogens is 408 g/mol. The summed E-state index contributed by atoms with van der Waals surface area (Å²) >= 11 is 1.36. The Labute approximate surface area is 182 Å². The molecule has 0 unspecified atom stereocenters. The Morgan fingerprint density at radius 3 is 2.52 bits per heavy atom. The van der Waals surface area contributed by atoms with Crippen molar-refractivity contribution in [2.75, 3.05) is 5.32 Å². The first-order valence-corrected chi connectivity index (χ1v) is 10.7. The van der Waals surface area contributed by atoms with Crippen LogP contribution in [0.3, 0.4) is 0 Å². The summed E-state index contributed by atoms with van der Waals surface area (Å²) in [6, 6.07) is 21.9. The zero-order valence-electron chi connectivity index (χ0n) is 16.9. The highest BCUT2D eigenvalue weighted by molar-refractivity contribution is 7.20. The maximum Gasteiger partial charge on any atom is 0.275 e. The highest BCUT2D eigenvalue weighted by Gasteiger charge is 2.13. The lowest BCUT2D eigenvalue weighted by Crippen LogP contribution is -2.14. The molecule has 0 fully saturated rings. The first-order chi connectivity index (χ1) is 15.2. The molecule has 0 saturated carbocycles. The predicted molar refractivity (Wildman–Crippen MR) is 122 cm³/mol. The van der Waals surface area contributed by atoms with Crippen LogP contribution in [-0.4, -0.2) is 24.4 Å². The van der Waals surface area contributed by atoms with E-state index in [1.807, 2.05) is 48.0 Å². The molecule has 0 atom stereocenters. The highest BCUT2D eigenvalue weighted by atomic mass is 32.1. The Hall–Kier alpha value is -3.78. The molecule has 8 heteroatoms. The number of anilines is 1. The molecule has 0 bridgehead atoms. The van der Waals surface area contributed by atoms with Crippen LogP contribution in [0.4, 0.5) is 5.13 Å². The molecule has 3 heterocycles. The van der Waals surface area contributed by atoms with Gasteiger partial charge in [-0.25, -0.2) is 4.98 Å². The van der Waals surface area contributed by atoms with Crippen molar-refractivity contribution in [1.29, 1.82) is 0 Å². The quantitative estimate of drug-likeness (QED) is 0.443. The molecule has 31 heavy (non-hydrogen) atoms. The van der Waals surface area contributed by atoms with E-state index in [4.69, 9.17) is 5.10 Å². The van der Waals surface area contributed by atoms with Gasteiger partial charge >= 0.3 is 0 Å². The highest BCUT2D eigenvalue weighted by Crippen LogP contribution is 2.24. The van der Waals surface area contributed by atoms with Crippen LogP contribution in [0.15, 0.2) is 77.7 Å². The van der Waals surface area contributed by atoms with E-state index in [2.05, 4.69) is 45.9 Å². The zero-order valence-corrected chi connectivity index (χ0v) is 17.7. The van der Waals surface area contributed by atoms with Crippen LogP contribution < -0.4 is 10.9 Å². The van der Waals surface area contributed by atoms with Gasteiger partial charge < -0.3 is 5.32 Å². The number of fused-ring (bicyclic) bond motifs is 1. The number of aryl methyl sites for hydroxylation is 1. The molecule has 0 aliphatic carbocycles. The summed E-state index contributed by atoms with van der Waals surface area (Å²) in [5.41, 5.74) is 4.75. The Kier molecular flexibility index (Phi) is 5.05. The average molecular weight is 429 g/mol. The molecular formula is C23H20N6OS. The van der Waals surface area contributed by atoms with E-state index < -0.39 is 0 Å². The van der Waals surface area contributed by atoms with Crippen molar-refractivity contribution in [2.24, 2.45) is 0 Å². The van der Waals surface area contributed by atoms with E-state index in [-0.39, 0.29) is 5.56 Å². The summed E-state index contributed by atoms with van der Waals surface area (Å²) < 4.78 is 3.29. The first-order valence-electron chi connectivity index (χ1n) is 9.93. The van der Waals surface area contributed by atoms with Gasteiger partial charge in [-0.05, 0) is 12.5 Å². The van der Waals surface area contributed by atoms with Gasteiger partial charge in [0.2, 0.25) is 10.1 Å². The summed E-state index contributed by atoms with van der Waals surface area (Å²) in [7, 11) is 0. The molecule has 2 aromatic carbocycles. The molecule has 7 nitrogen and oxygen atoms in total. The summed E-state index contributed by atoms with van der Waals surface area (Å²) in [6.07, 6.45) is 2.06. The van der Waals surface area contributed by atoms with Crippen molar-refractivity contribution in [3.63, 3.8) is 0 Å². The topological polar surface area (TPSA) is 77.1 Å². The standard InChI is InChI=1S/C23H20N6OS/c1-16-12-20(30)29-23(25-16)31-22(27-29)24-13-19-15-28(14-17-8-4-2-5-9-17)26-21(19)18-10-6-3-7-11-18/h2-12,15H,13-14H2,1H3,(H,24,27). The minimum atomic E-state index is -0.174. The van der Waals surface area contributed by atoms with Crippen LogP contribution in [0.25, 0.3) is 16.2 Å². The normalized spacial score (nSPS) is 11.1. The monoisotopic (exact) mass is 428 g/mol. The number of rotatable bonds is 6. The number of aromatic nitrogens is 5. The van der Waals surface area contributed by atoms with Gasteiger partial charge in [0.25, 0.3) is 5.56 Å². The van der Waals surface area contributed by atoms with Crippen LogP contribution >= 0.6 is 11.3 Å². The lowest BCUT2D eigenvalue weighted by atomic mass is 10.1. The third kappa shape index (κ3) is 4.10. The van der Waals surface area contributed by atoms with Crippen LogP contribution in [0, 0.1) is 6.92 Å². The van der Waals surface area contributed by atoms with Crippen LogP contribution in [0.2, 0.25) is 0 Å². The van der Waals surface area contributed by atoms with Crippen LogP contribution in [0.5, 0.6) is 0 Å². The van der Waals surface area contributed by atoms with Crippen molar-refractivity contribution in [3.05, 3.63) is 100 Å². The number of hydrogen-bond donors (Lipinski definition) is 1. The lowest BCUT2D eigenvalue weighted by molar-refractivity contribution is 0.688. The molecule has 0 spiro atoms. The molecule has 5 aromatic rings. The largest absolute Gasteiger partial charge is 0.356 e. The van der Waals surface area contributed by atoms with Gasteiger partial charge in [0, 0.05) is 35.6 Å². The fourth-order valence-electron chi connectivity index (χ4n) is 3.45. The van der Waals surface area contributed by atoms with E-state index in [1.165, 1.54) is 27.5 Å². The molecule has 154 valence electrons. The minimum Gasteiger partial charge on any atom is -0.356 e. The van der Waals surface area contributed by atoms with E-state index in [9.17, 15) is 4.79 Å². The zero-order chi connectivity index (χ0) is 21.2. The molecule has 1 N–H and O–H groups in total. The van der Waals surface area contributed by atoms with Gasteiger partial charge in [0.05, 0.1) is 12.2 Å². The third-order valence-electron chi connectivity index (χ3n) is 4.88. The van der Waals surface area contributed by atoms with Gasteiger partial charge in [0.15, 0.2) is 0 Å². The summed E-state index contributed by atoms with van der Waals surface area (Å²) in [6.45, 7) is 3.04. The Morgan fingerprint density at radius 2 is 1.74 bits per heavy atom. The molecule has 0 radical (unpaired) electrons. The van der Waals surface area contributed by atoms with Crippen molar-refractivity contribution in [1.82, 2.24) is 24.4 Å². The van der Waals surface area contributed by atoms with Gasteiger partial charge in [-0.3, -0.25) is 9.48 Å². The average Bonchev–Trinajstić information content (AvgIpc) is 3.37. The van der Waals surface area contributed by atoms with Gasteiger partial charge in [-0.15, -0.1) is 5.10 Å². The minimum absolute atomic E-state index is 0.174. The Balaban J connectivity index is 1.44. The maximum absolute atomic E-state index is 12.1. The van der Waals surface area contributed by atoms with E-state index in [0.29, 0.717) is 28.9 Å². The molecule has 3 aromatic heterocycles. The lowest BCUT2D eigenvalue weighted by Gasteiger charge is -2.03. The third-order valence-corrected chi connectivity index (χ3v) is 5.74. The fraction of sp³-hybridized carbons (Fsp3) is 0.130. The summed E-state index contributed by atoms with van der Waals surface area (Å²) in [5.74, 6) is 0. The fourth-order valence-corrected chi connectivity index (χ4v) is 4.29. The summed E-state index contributed by atoms with van der Waals surface area (Å²) in [4.78, 5) is 17.1. The number of benzene rings is 2. The Bertz CT molecular complexity index is 1390. The molecule has 5 rings (SSSR count). The van der Waals surface area contributed by atoms with Gasteiger partial charge in [-0.1, -0.05) is 72.0 Å². The van der Waals surface area contributed by atoms with E-state index in [1.54, 1.807) is 0 Å². The second kappa shape index (κ2) is 8.16. The molecule has 0 aliphatic heterocycles. The second-order valence-electron chi connectivity index (χ2n) is 7.24. The predicted octanol–water partition coefficient (Wildman–Crippen LogP) is 3.98. The molecule has 0 amide bonds. The van der Waals surface area contributed by atoms with E-state index >= 15 is 0 Å². The van der Waals surface area contributed by atoms with Crippen molar-refractivity contribution >= 4 is 21.4 Å². The number of hydrogen-bond acceptors (Lipinski definition) is 6. The van der Waals surface area contributed by atoms with Crippen molar-refractivity contribution < 1.29 is 0 Å². The van der Waals surface area contributed by atoms with Gasteiger partial charge in [0.1, 0.15) is 0 Å². The Morgan fingerprint density at radius 1 is 1.00 bits per heavy atom. The SMILES string of the molecule is Cc1cc(=O)n2nc(NCc3cn(Cc4ccccc4)nc3-c3ccccc3)sc2n1. The molecule has 0 saturated heterocycles. The summed E-state index contributed by atoms with van der Waals surface area (Å²) in [5, 5.41) is 13.2. The van der Waals surface area contributed by atoms with Crippen molar-refractivity contribution in [3.8, 4) is 11.3 Å². The first kappa shape index (κ1) is 19.2. The van der Waals surface area contributed by atoms with Crippen LogP contribution in [0.1, 0.15) is 16.8 Å². The van der Waals surface area contributed by atoms with E-state index in [0.717, 1.165) is 16.8 Å².